The van der Waals surface area contributed by atoms with Gasteiger partial charge in [0.2, 0.25) is 0 Å². The number of pyridine rings is 2. The van der Waals surface area contributed by atoms with Gasteiger partial charge in [-0.05, 0) is 43.3 Å². The summed E-state index contributed by atoms with van der Waals surface area (Å²) in [6.45, 7) is 2.06. The largest absolute Gasteiger partial charge is 0.322 e. The average Bonchev–Trinajstić information content (AvgIpc) is 3.08. The third-order valence-electron chi connectivity index (χ3n) is 3.89. The molecule has 0 bridgehead atoms. The highest BCUT2D eigenvalue weighted by Crippen LogP contribution is 2.30. The van der Waals surface area contributed by atoms with Gasteiger partial charge in [-0.25, -0.2) is 4.98 Å². The van der Waals surface area contributed by atoms with Crippen LogP contribution in [0.25, 0.3) is 21.5 Å². The first kappa shape index (κ1) is 15.5. The molecular formula is C20H15N3OS. The number of hydrogen-bond donors (Lipinski definition) is 1. The lowest BCUT2D eigenvalue weighted by Gasteiger charge is -2.10. The lowest BCUT2D eigenvalue weighted by molar-refractivity contribution is 0.102. The van der Waals surface area contributed by atoms with Crippen molar-refractivity contribution in [1.29, 1.82) is 0 Å². The number of anilines is 1. The molecule has 0 saturated carbocycles. The number of aryl methyl sites for hydroxylation is 1. The van der Waals surface area contributed by atoms with Crippen LogP contribution < -0.4 is 5.32 Å². The molecule has 1 amide bonds. The van der Waals surface area contributed by atoms with Crippen LogP contribution in [0, 0.1) is 6.92 Å². The number of rotatable bonds is 3. The first-order chi connectivity index (χ1) is 12.2. The molecule has 25 heavy (non-hydrogen) atoms. The molecule has 3 aromatic heterocycles. The number of hydrogen-bond acceptors (Lipinski definition) is 4. The Morgan fingerprint density at radius 3 is 2.60 bits per heavy atom. The van der Waals surface area contributed by atoms with Gasteiger partial charge in [-0.1, -0.05) is 18.2 Å². The van der Waals surface area contributed by atoms with E-state index in [1.165, 1.54) is 4.88 Å². The van der Waals surface area contributed by atoms with Crippen LogP contribution in [0.15, 0.2) is 67.0 Å². The SMILES string of the molecule is Cc1ccc(-c2cc(C(=O)Nc3ccncc3)c3ccccc3n2)s1. The number of carbonyl (C=O) groups is 1. The van der Waals surface area contributed by atoms with E-state index >= 15 is 0 Å². The van der Waals surface area contributed by atoms with Crippen molar-refractivity contribution in [2.75, 3.05) is 5.32 Å². The van der Waals surface area contributed by atoms with E-state index < -0.39 is 0 Å². The smallest absolute Gasteiger partial charge is 0.256 e. The summed E-state index contributed by atoms with van der Waals surface area (Å²) in [6, 6.07) is 17.2. The van der Waals surface area contributed by atoms with Gasteiger partial charge in [-0.15, -0.1) is 11.3 Å². The van der Waals surface area contributed by atoms with E-state index in [0.717, 1.165) is 27.2 Å². The molecule has 0 aliphatic rings. The van der Waals surface area contributed by atoms with Crippen LogP contribution in [0.2, 0.25) is 0 Å². The van der Waals surface area contributed by atoms with Gasteiger partial charge in [0.25, 0.3) is 5.91 Å². The van der Waals surface area contributed by atoms with Gasteiger partial charge < -0.3 is 5.32 Å². The predicted octanol–water partition coefficient (Wildman–Crippen LogP) is 4.92. The first-order valence-corrected chi connectivity index (χ1v) is 8.70. The number of carbonyl (C=O) groups excluding carboxylic acids is 1. The van der Waals surface area contributed by atoms with Crippen LogP contribution in [0.1, 0.15) is 15.2 Å². The summed E-state index contributed by atoms with van der Waals surface area (Å²) < 4.78 is 0. The molecule has 1 N–H and O–H groups in total. The van der Waals surface area contributed by atoms with Crippen LogP contribution >= 0.6 is 11.3 Å². The third kappa shape index (κ3) is 3.14. The molecule has 4 nitrogen and oxygen atoms in total. The molecule has 0 unspecified atom stereocenters. The zero-order valence-electron chi connectivity index (χ0n) is 13.6. The highest BCUT2D eigenvalue weighted by Gasteiger charge is 2.14. The normalized spacial score (nSPS) is 10.8. The summed E-state index contributed by atoms with van der Waals surface area (Å²) in [6.07, 6.45) is 3.31. The van der Waals surface area contributed by atoms with Crippen molar-refractivity contribution in [3.63, 3.8) is 0 Å². The molecule has 0 radical (unpaired) electrons. The Morgan fingerprint density at radius 2 is 1.84 bits per heavy atom. The summed E-state index contributed by atoms with van der Waals surface area (Å²) in [5, 5.41) is 3.77. The number of amides is 1. The number of aromatic nitrogens is 2. The summed E-state index contributed by atoms with van der Waals surface area (Å²) in [4.78, 5) is 23.8. The van der Waals surface area contributed by atoms with Crippen LogP contribution in [-0.4, -0.2) is 15.9 Å². The highest BCUT2D eigenvalue weighted by molar-refractivity contribution is 7.15. The summed E-state index contributed by atoms with van der Waals surface area (Å²) in [7, 11) is 0. The van der Waals surface area contributed by atoms with E-state index in [1.807, 2.05) is 36.4 Å². The number of nitrogens with one attached hydrogen (secondary N) is 1. The average molecular weight is 345 g/mol. The highest BCUT2D eigenvalue weighted by atomic mass is 32.1. The molecular weight excluding hydrogens is 330 g/mol. The Labute approximate surface area is 149 Å². The minimum atomic E-state index is -0.153. The van der Waals surface area contributed by atoms with Crippen molar-refractivity contribution in [1.82, 2.24) is 9.97 Å². The molecule has 0 aliphatic heterocycles. The maximum atomic E-state index is 12.9. The Hall–Kier alpha value is -3.05. The summed E-state index contributed by atoms with van der Waals surface area (Å²) >= 11 is 1.67. The molecule has 5 heteroatoms. The lowest BCUT2D eigenvalue weighted by Crippen LogP contribution is -2.13. The molecule has 0 spiro atoms. The van der Waals surface area contributed by atoms with Gasteiger partial charge in [0.05, 0.1) is 21.7 Å². The Morgan fingerprint density at radius 1 is 1.04 bits per heavy atom. The number of thiophene rings is 1. The molecule has 0 saturated heterocycles. The van der Waals surface area contributed by atoms with Gasteiger partial charge in [-0.3, -0.25) is 9.78 Å². The topological polar surface area (TPSA) is 54.9 Å². The second kappa shape index (κ2) is 6.45. The monoisotopic (exact) mass is 345 g/mol. The van der Waals surface area contributed by atoms with Crippen molar-refractivity contribution in [2.24, 2.45) is 0 Å². The van der Waals surface area contributed by atoms with Gasteiger partial charge in [0.15, 0.2) is 0 Å². The second-order valence-electron chi connectivity index (χ2n) is 5.67. The fourth-order valence-electron chi connectivity index (χ4n) is 2.70. The minimum Gasteiger partial charge on any atom is -0.322 e. The Balaban J connectivity index is 1.82. The Kier molecular flexibility index (Phi) is 3.99. The summed E-state index contributed by atoms with van der Waals surface area (Å²) in [5.74, 6) is -0.153. The fraction of sp³-hybridized carbons (Fsp3) is 0.0500. The fourth-order valence-corrected chi connectivity index (χ4v) is 3.52. The van der Waals surface area contributed by atoms with Gasteiger partial charge in [0, 0.05) is 28.3 Å². The molecule has 0 aliphatic carbocycles. The van der Waals surface area contributed by atoms with E-state index in [1.54, 1.807) is 35.9 Å². The van der Waals surface area contributed by atoms with E-state index in [4.69, 9.17) is 4.98 Å². The van der Waals surface area contributed by atoms with Crippen LogP contribution in [0.5, 0.6) is 0 Å². The van der Waals surface area contributed by atoms with Crippen LogP contribution in [0.4, 0.5) is 5.69 Å². The van der Waals surface area contributed by atoms with Crippen LogP contribution in [-0.2, 0) is 0 Å². The van der Waals surface area contributed by atoms with Crippen molar-refractivity contribution < 1.29 is 4.79 Å². The van der Waals surface area contributed by atoms with Crippen molar-refractivity contribution >= 4 is 33.8 Å². The van der Waals surface area contributed by atoms with Crippen LogP contribution in [0.3, 0.4) is 0 Å². The number of nitrogens with zero attached hydrogens (tertiary/aromatic N) is 2. The Bertz CT molecular complexity index is 1060. The summed E-state index contributed by atoms with van der Waals surface area (Å²) in [5.41, 5.74) is 2.96. The lowest BCUT2D eigenvalue weighted by atomic mass is 10.1. The van der Waals surface area contributed by atoms with E-state index in [-0.39, 0.29) is 5.91 Å². The van der Waals surface area contributed by atoms with Gasteiger partial charge >= 0.3 is 0 Å². The predicted molar refractivity (Wildman–Crippen MR) is 102 cm³/mol. The number of para-hydroxylation sites is 1. The second-order valence-corrected chi connectivity index (χ2v) is 6.96. The molecule has 0 atom stereocenters. The molecule has 1 aromatic carbocycles. The standard InChI is InChI=1S/C20H15N3OS/c1-13-6-7-19(25-13)18-12-16(15-4-2-3-5-17(15)23-18)20(24)22-14-8-10-21-11-9-14/h2-12H,1H3,(H,21,22,24). The first-order valence-electron chi connectivity index (χ1n) is 7.89. The van der Waals surface area contributed by atoms with Crippen molar-refractivity contribution in [2.45, 2.75) is 6.92 Å². The quantitative estimate of drug-likeness (QED) is 0.573. The van der Waals surface area contributed by atoms with Gasteiger partial charge in [-0.2, -0.15) is 0 Å². The van der Waals surface area contributed by atoms with Crippen molar-refractivity contribution in [3.8, 4) is 10.6 Å². The number of benzene rings is 1. The van der Waals surface area contributed by atoms with E-state index in [9.17, 15) is 4.79 Å². The third-order valence-corrected chi connectivity index (χ3v) is 4.91. The molecule has 4 rings (SSSR count). The van der Waals surface area contributed by atoms with E-state index in [2.05, 4.69) is 23.3 Å². The molecule has 3 heterocycles. The molecule has 4 aromatic rings. The van der Waals surface area contributed by atoms with Crippen molar-refractivity contribution in [3.05, 3.63) is 77.4 Å². The molecule has 122 valence electrons. The maximum absolute atomic E-state index is 12.9. The zero-order chi connectivity index (χ0) is 17.2. The molecule has 0 fully saturated rings. The van der Waals surface area contributed by atoms with Gasteiger partial charge in [0.1, 0.15) is 0 Å². The van der Waals surface area contributed by atoms with E-state index in [0.29, 0.717) is 5.56 Å². The minimum absolute atomic E-state index is 0.153. The number of fused-ring (bicyclic) bond motifs is 1. The zero-order valence-corrected chi connectivity index (χ0v) is 14.4. The maximum Gasteiger partial charge on any atom is 0.256 e.